The fourth-order valence-electron chi connectivity index (χ4n) is 5.08. The second-order valence-corrected chi connectivity index (χ2v) is 11.0. The molecule has 3 N–H and O–H groups in total. The molecule has 1 fully saturated rings. The van der Waals surface area contributed by atoms with Gasteiger partial charge in [-0.3, -0.25) is 19.3 Å². The highest BCUT2D eigenvalue weighted by atomic mass is 32.1. The lowest BCUT2D eigenvalue weighted by Crippen LogP contribution is -2.56. The van der Waals surface area contributed by atoms with Gasteiger partial charge in [-0.25, -0.2) is 9.37 Å². The maximum atomic E-state index is 13.6. The summed E-state index contributed by atoms with van der Waals surface area (Å²) >= 11 is 1.39. The topological polar surface area (TPSA) is 110 Å². The van der Waals surface area contributed by atoms with Gasteiger partial charge in [0.25, 0.3) is 11.8 Å². The fraction of sp³-hybridized carbons (Fsp3) is 0.440. The van der Waals surface area contributed by atoms with Gasteiger partial charge < -0.3 is 20.5 Å². The predicted octanol–water partition coefficient (Wildman–Crippen LogP) is 2.49. The van der Waals surface area contributed by atoms with Gasteiger partial charge in [0.05, 0.1) is 11.7 Å². The van der Waals surface area contributed by atoms with Crippen LogP contribution in [0.3, 0.4) is 0 Å². The molecular weight excluding hydrogens is 483 g/mol. The van der Waals surface area contributed by atoms with Crippen molar-refractivity contribution in [1.29, 1.82) is 0 Å². The number of aromatic nitrogens is 2. The molecule has 3 amide bonds. The molecule has 190 valence electrons. The summed E-state index contributed by atoms with van der Waals surface area (Å²) in [5.74, 6) is -1.25. The van der Waals surface area contributed by atoms with E-state index in [2.05, 4.69) is 25.5 Å². The van der Waals surface area contributed by atoms with Crippen molar-refractivity contribution in [3.63, 3.8) is 0 Å². The molecular formula is C25H29FN6O3S. The molecule has 3 heterocycles. The van der Waals surface area contributed by atoms with Crippen molar-refractivity contribution in [3.05, 3.63) is 51.4 Å². The highest BCUT2D eigenvalue weighted by molar-refractivity contribution is 7.13. The number of benzene rings is 1. The molecule has 1 aromatic carbocycles. The van der Waals surface area contributed by atoms with Crippen LogP contribution in [-0.2, 0) is 17.9 Å². The molecule has 0 unspecified atom stereocenters. The number of halogens is 1. The van der Waals surface area contributed by atoms with Gasteiger partial charge in [0.1, 0.15) is 11.5 Å². The van der Waals surface area contributed by atoms with Crippen molar-refractivity contribution in [2.45, 2.75) is 44.4 Å². The van der Waals surface area contributed by atoms with Crippen LogP contribution in [0.1, 0.15) is 50.1 Å². The van der Waals surface area contributed by atoms with Crippen LogP contribution in [0.2, 0.25) is 0 Å². The summed E-state index contributed by atoms with van der Waals surface area (Å²) in [7, 11) is 5.45. The number of carbonyl (C=O) groups excluding carboxylic acids is 3. The van der Waals surface area contributed by atoms with E-state index < -0.39 is 6.04 Å². The van der Waals surface area contributed by atoms with E-state index in [-0.39, 0.29) is 35.5 Å². The summed E-state index contributed by atoms with van der Waals surface area (Å²) in [6.45, 7) is 1.49. The molecule has 3 aromatic rings. The monoisotopic (exact) mass is 512 g/mol. The highest BCUT2D eigenvalue weighted by Gasteiger charge is 2.37. The van der Waals surface area contributed by atoms with Crippen molar-refractivity contribution in [1.82, 2.24) is 30.4 Å². The van der Waals surface area contributed by atoms with Gasteiger partial charge in [-0.15, -0.1) is 11.3 Å². The van der Waals surface area contributed by atoms with E-state index in [4.69, 9.17) is 0 Å². The second-order valence-electron chi connectivity index (χ2n) is 9.88. The Hall–Kier alpha value is -3.31. The summed E-state index contributed by atoms with van der Waals surface area (Å²) in [5, 5.41) is 7.08. The molecule has 2 aliphatic rings. The standard InChI is InChI=1S/C25H29FN6O3S/c1-31(2)25(35)13-4-6-17(28-22(33)19-10-14-8-15(26)5-7-16(14)27-19)18(9-13)29-23(34)24-30-20-11-32(3)12-21(20)36-24/h5,7-8,10,13,17-18,27H,4,6,9,11-12H2,1-3H3,(H,28,33)(H,29,34)/t13-,17-,18+/m0/s1. The van der Waals surface area contributed by atoms with Crippen LogP contribution >= 0.6 is 11.3 Å². The highest BCUT2D eigenvalue weighted by Crippen LogP contribution is 2.29. The number of hydrogen-bond donors (Lipinski definition) is 3. The Morgan fingerprint density at radius 2 is 1.89 bits per heavy atom. The third-order valence-electron chi connectivity index (χ3n) is 6.91. The number of thiazole rings is 1. The first-order chi connectivity index (χ1) is 17.2. The fourth-order valence-corrected chi connectivity index (χ4v) is 6.13. The number of hydrogen-bond acceptors (Lipinski definition) is 6. The van der Waals surface area contributed by atoms with Gasteiger partial charge >= 0.3 is 0 Å². The van der Waals surface area contributed by atoms with Crippen molar-refractivity contribution >= 4 is 40.0 Å². The quantitative estimate of drug-likeness (QED) is 0.487. The van der Waals surface area contributed by atoms with Gasteiger partial charge in [-0.05, 0) is 50.6 Å². The number of rotatable bonds is 5. The Balaban J connectivity index is 1.33. The summed E-state index contributed by atoms with van der Waals surface area (Å²) < 4.78 is 13.6. The van der Waals surface area contributed by atoms with E-state index in [9.17, 15) is 18.8 Å². The number of amides is 3. The lowest BCUT2D eigenvalue weighted by molar-refractivity contribution is -0.134. The van der Waals surface area contributed by atoms with Crippen LogP contribution in [0.15, 0.2) is 24.3 Å². The van der Waals surface area contributed by atoms with E-state index in [0.29, 0.717) is 40.9 Å². The Labute approximate surface area is 212 Å². The average Bonchev–Trinajstić information content (AvgIpc) is 3.52. The van der Waals surface area contributed by atoms with Crippen molar-refractivity contribution in [2.24, 2.45) is 5.92 Å². The van der Waals surface area contributed by atoms with Crippen LogP contribution in [0.4, 0.5) is 4.39 Å². The van der Waals surface area contributed by atoms with Gasteiger partial charge in [-0.2, -0.15) is 0 Å². The summed E-state index contributed by atoms with van der Waals surface area (Å²) in [6, 6.07) is 5.10. The summed E-state index contributed by atoms with van der Waals surface area (Å²) in [4.78, 5) is 51.2. The van der Waals surface area contributed by atoms with E-state index in [1.54, 1.807) is 31.1 Å². The maximum Gasteiger partial charge on any atom is 0.280 e. The van der Waals surface area contributed by atoms with E-state index in [1.807, 2.05) is 7.05 Å². The van der Waals surface area contributed by atoms with Crippen LogP contribution in [0.5, 0.6) is 0 Å². The van der Waals surface area contributed by atoms with Crippen molar-refractivity contribution in [3.8, 4) is 0 Å². The molecule has 3 atom stereocenters. The molecule has 5 rings (SSSR count). The Morgan fingerprint density at radius 3 is 2.64 bits per heavy atom. The molecule has 1 saturated carbocycles. The van der Waals surface area contributed by atoms with E-state index >= 15 is 0 Å². The Kier molecular flexibility index (Phi) is 6.52. The molecule has 1 aliphatic carbocycles. The first kappa shape index (κ1) is 24.4. The van der Waals surface area contributed by atoms with E-state index in [0.717, 1.165) is 23.7 Å². The first-order valence-electron chi connectivity index (χ1n) is 12.0. The Morgan fingerprint density at radius 1 is 1.11 bits per heavy atom. The number of nitrogens with one attached hydrogen (secondary N) is 3. The molecule has 0 radical (unpaired) electrons. The summed E-state index contributed by atoms with van der Waals surface area (Å²) in [5.41, 5.74) is 1.90. The SMILES string of the molecule is CN1Cc2nc(C(=O)N[C@@H]3C[C@@H](C(=O)N(C)C)CC[C@@H]3NC(=O)c3cc4cc(F)ccc4[nH]3)sc2C1. The predicted molar refractivity (Wildman–Crippen MR) is 134 cm³/mol. The van der Waals surface area contributed by atoms with Crippen LogP contribution in [-0.4, -0.2) is 70.7 Å². The minimum absolute atomic E-state index is 0.00734. The normalized spacial score (nSPS) is 21.8. The molecule has 2 aromatic heterocycles. The minimum Gasteiger partial charge on any atom is -0.351 e. The summed E-state index contributed by atoms with van der Waals surface area (Å²) in [6.07, 6.45) is 1.55. The molecule has 0 bridgehead atoms. The molecule has 1 aliphatic heterocycles. The van der Waals surface area contributed by atoms with Gasteiger partial charge in [-0.1, -0.05) is 0 Å². The average molecular weight is 513 g/mol. The smallest absolute Gasteiger partial charge is 0.280 e. The molecule has 36 heavy (non-hydrogen) atoms. The first-order valence-corrected chi connectivity index (χ1v) is 12.8. The third kappa shape index (κ3) is 4.85. The number of H-pyrrole nitrogens is 1. The van der Waals surface area contributed by atoms with E-state index in [1.165, 1.54) is 23.5 Å². The van der Waals surface area contributed by atoms with Crippen molar-refractivity contribution in [2.75, 3.05) is 21.1 Å². The number of carbonyl (C=O) groups is 3. The zero-order chi connectivity index (χ0) is 25.6. The third-order valence-corrected chi connectivity index (χ3v) is 7.99. The van der Waals surface area contributed by atoms with Crippen molar-refractivity contribution < 1.29 is 18.8 Å². The van der Waals surface area contributed by atoms with Crippen LogP contribution in [0, 0.1) is 11.7 Å². The largest absolute Gasteiger partial charge is 0.351 e. The number of nitrogens with zero attached hydrogens (tertiary/aromatic N) is 3. The Bertz CT molecular complexity index is 1310. The van der Waals surface area contributed by atoms with Crippen LogP contribution in [0.25, 0.3) is 10.9 Å². The number of aromatic amines is 1. The molecule has 0 saturated heterocycles. The zero-order valence-corrected chi connectivity index (χ0v) is 21.2. The molecule has 11 heteroatoms. The second kappa shape index (κ2) is 9.62. The van der Waals surface area contributed by atoms with Gasteiger partial charge in [0, 0.05) is 54.9 Å². The van der Waals surface area contributed by atoms with Gasteiger partial charge in [0.15, 0.2) is 5.01 Å². The molecule has 0 spiro atoms. The lowest BCUT2D eigenvalue weighted by Gasteiger charge is -2.37. The minimum atomic E-state index is -0.438. The number of fused-ring (bicyclic) bond motifs is 2. The van der Waals surface area contributed by atoms with Crippen LogP contribution < -0.4 is 10.6 Å². The maximum absolute atomic E-state index is 13.6. The van der Waals surface area contributed by atoms with Gasteiger partial charge in [0.2, 0.25) is 5.91 Å². The molecule has 9 nitrogen and oxygen atoms in total. The zero-order valence-electron chi connectivity index (χ0n) is 20.4. The lowest BCUT2D eigenvalue weighted by atomic mass is 9.81.